The van der Waals surface area contributed by atoms with Gasteiger partial charge in [-0.2, -0.15) is 13.2 Å². The van der Waals surface area contributed by atoms with E-state index in [0.717, 1.165) is 22.8 Å². The number of nitrogens with zero attached hydrogens (tertiary/aromatic N) is 2. The maximum Gasteiger partial charge on any atom is 0.534 e. The molecule has 0 radical (unpaired) electrons. The number of halogens is 3. The van der Waals surface area contributed by atoms with Crippen LogP contribution in [0.3, 0.4) is 0 Å². The minimum Gasteiger partial charge on any atom is -0.487 e. The van der Waals surface area contributed by atoms with Crippen molar-refractivity contribution in [2.45, 2.75) is 79.4 Å². The Labute approximate surface area is 254 Å². The molecule has 0 aliphatic carbocycles. The summed E-state index contributed by atoms with van der Waals surface area (Å²) >= 11 is 0. The first-order chi connectivity index (χ1) is 20.3. The Morgan fingerprint density at radius 2 is 1.59 bits per heavy atom. The van der Waals surface area contributed by atoms with Crippen LogP contribution in [-0.4, -0.2) is 40.0 Å². The number of amides is 1. The highest BCUT2D eigenvalue weighted by molar-refractivity contribution is 5.71. The standard InChI is InChI=1S/C32H37F3N2O7/c1-20(18-37(28(38)42-30(3,4)5)44-29(39)43-31(6,7)8)16-22-10-9-11-25(17-22)40-19-26-21(2)41-27(36-26)23-12-14-24(15-13-23)32(33,34)35/h9-17H,18-19H2,1-8H3/b20-16+. The Hall–Kier alpha value is -4.48. The van der Waals surface area contributed by atoms with Crippen LogP contribution >= 0.6 is 0 Å². The minimum atomic E-state index is -4.43. The van der Waals surface area contributed by atoms with Crippen molar-refractivity contribution in [1.82, 2.24) is 10.0 Å². The highest BCUT2D eigenvalue weighted by Gasteiger charge is 2.30. The quantitative estimate of drug-likeness (QED) is 0.191. The van der Waals surface area contributed by atoms with E-state index in [4.69, 9.17) is 23.5 Å². The fourth-order valence-electron chi connectivity index (χ4n) is 3.70. The third kappa shape index (κ3) is 10.7. The summed E-state index contributed by atoms with van der Waals surface area (Å²) < 4.78 is 60.8. The zero-order valence-electron chi connectivity index (χ0n) is 26.0. The Kier molecular flexibility index (Phi) is 10.4. The normalized spacial score (nSPS) is 12.5. The monoisotopic (exact) mass is 618 g/mol. The Bertz CT molecular complexity index is 1480. The first kappa shape index (κ1) is 34.0. The SMILES string of the molecule is C/C(=C\c1cccc(OCc2nc(-c3ccc(C(F)(F)F)cc3)oc2C)c1)CN(OC(=O)OC(C)(C)C)C(=O)OC(C)(C)C. The van der Waals surface area contributed by atoms with Crippen LogP contribution in [0.4, 0.5) is 22.8 Å². The molecule has 238 valence electrons. The van der Waals surface area contributed by atoms with Gasteiger partial charge in [0.15, 0.2) is 0 Å². The third-order valence-corrected chi connectivity index (χ3v) is 5.56. The van der Waals surface area contributed by atoms with Gasteiger partial charge in [-0.25, -0.2) is 14.6 Å². The summed E-state index contributed by atoms with van der Waals surface area (Å²) in [4.78, 5) is 34.6. The van der Waals surface area contributed by atoms with E-state index in [1.54, 1.807) is 79.7 Å². The van der Waals surface area contributed by atoms with Crippen LogP contribution in [0.5, 0.6) is 5.75 Å². The van der Waals surface area contributed by atoms with Gasteiger partial charge in [-0.15, -0.1) is 5.06 Å². The van der Waals surface area contributed by atoms with Crippen LogP contribution < -0.4 is 4.74 Å². The molecule has 3 rings (SSSR count). The van der Waals surface area contributed by atoms with E-state index < -0.39 is 35.2 Å². The summed E-state index contributed by atoms with van der Waals surface area (Å²) in [6, 6.07) is 11.7. The van der Waals surface area contributed by atoms with Crippen molar-refractivity contribution in [3.05, 3.63) is 76.7 Å². The van der Waals surface area contributed by atoms with Gasteiger partial charge in [0.2, 0.25) is 5.89 Å². The molecular weight excluding hydrogens is 581 g/mol. The number of carbonyl (C=O) groups is 2. The Balaban J connectivity index is 1.70. The fraction of sp³-hybridized carbons (Fsp3) is 0.406. The van der Waals surface area contributed by atoms with E-state index in [9.17, 15) is 22.8 Å². The molecule has 0 atom stereocenters. The van der Waals surface area contributed by atoms with E-state index in [-0.39, 0.29) is 19.0 Å². The summed E-state index contributed by atoms with van der Waals surface area (Å²) in [6.45, 7) is 13.5. The molecule has 0 spiro atoms. The van der Waals surface area contributed by atoms with Crippen molar-refractivity contribution in [2.24, 2.45) is 0 Å². The number of carbonyl (C=O) groups excluding carboxylic acids is 2. The smallest absolute Gasteiger partial charge is 0.487 e. The van der Waals surface area contributed by atoms with Crippen LogP contribution in [0.15, 0.2) is 58.5 Å². The molecular formula is C32H37F3N2O7. The topological polar surface area (TPSA) is 100 Å². The lowest BCUT2D eigenvalue weighted by Crippen LogP contribution is -2.40. The molecule has 1 amide bonds. The summed E-state index contributed by atoms with van der Waals surface area (Å²) in [7, 11) is 0. The molecule has 1 heterocycles. The number of ether oxygens (including phenoxy) is 3. The number of hydrogen-bond acceptors (Lipinski definition) is 8. The van der Waals surface area contributed by atoms with Crippen molar-refractivity contribution in [3.8, 4) is 17.2 Å². The van der Waals surface area contributed by atoms with Crippen molar-refractivity contribution in [2.75, 3.05) is 6.54 Å². The van der Waals surface area contributed by atoms with Crippen molar-refractivity contribution in [1.29, 1.82) is 0 Å². The Morgan fingerprint density at radius 1 is 0.955 bits per heavy atom. The van der Waals surface area contributed by atoms with Crippen LogP contribution in [0.2, 0.25) is 0 Å². The number of aromatic nitrogens is 1. The summed E-state index contributed by atoms with van der Waals surface area (Å²) in [5.41, 5.74) is -0.109. The summed E-state index contributed by atoms with van der Waals surface area (Å²) in [5, 5.41) is 0.799. The predicted molar refractivity (Wildman–Crippen MR) is 156 cm³/mol. The van der Waals surface area contributed by atoms with Crippen LogP contribution in [-0.2, 0) is 27.1 Å². The maximum atomic E-state index is 12.9. The number of oxazole rings is 1. The van der Waals surface area contributed by atoms with Crippen LogP contribution in [0, 0.1) is 6.92 Å². The van der Waals surface area contributed by atoms with Gasteiger partial charge in [0.05, 0.1) is 12.1 Å². The summed E-state index contributed by atoms with van der Waals surface area (Å²) in [5.74, 6) is 1.17. The van der Waals surface area contributed by atoms with Gasteiger partial charge in [0, 0.05) is 5.56 Å². The van der Waals surface area contributed by atoms with Crippen LogP contribution in [0.25, 0.3) is 17.5 Å². The largest absolute Gasteiger partial charge is 0.534 e. The lowest BCUT2D eigenvalue weighted by atomic mass is 10.1. The maximum absolute atomic E-state index is 12.9. The van der Waals surface area contributed by atoms with Gasteiger partial charge in [-0.1, -0.05) is 18.2 Å². The lowest BCUT2D eigenvalue weighted by Gasteiger charge is -2.27. The Morgan fingerprint density at radius 3 is 2.18 bits per heavy atom. The van der Waals surface area contributed by atoms with Crippen LogP contribution in [0.1, 0.15) is 71.0 Å². The second-order valence-corrected chi connectivity index (χ2v) is 12.0. The molecule has 9 nitrogen and oxygen atoms in total. The zero-order chi connectivity index (χ0) is 32.9. The van der Waals surface area contributed by atoms with Crippen molar-refractivity contribution >= 4 is 18.3 Å². The van der Waals surface area contributed by atoms with Gasteiger partial charge in [-0.05, 0) is 103 Å². The second kappa shape index (κ2) is 13.4. The third-order valence-electron chi connectivity index (χ3n) is 5.56. The molecule has 1 aromatic heterocycles. The average Bonchev–Trinajstić information content (AvgIpc) is 3.25. The van der Waals surface area contributed by atoms with Gasteiger partial charge in [-0.3, -0.25) is 4.84 Å². The van der Waals surface area contributed by atoms with Gasteiger partial charge >= 0.3 is 18.4 Å². The molecule has 44 heavy (non-hydrogen) atoms. The van der Waals surface area contributed by atoms with E-state index in [1.165, 1.54) is 12.1 Å². The zero-order valence-corrected chi connectivity index (χ0v) is 26.0. The first-order valence-electron chi connectivity index (χ1n) is 13.7. The van der Waals surface area contributed by atoms with Crippen molar-refractivity contribution in [3.63, 3.8) is 0 Å². The number of hydrogen-bond donors (Lipinski definition) is 0. The average molecular weight is 619 g/mol. The molecule has 0 N–H and O–H groups in total. The lowest BCUT2D eigenvalue weighted by molar-refractivity contribution is -0.137. The number of hydroxylamine groups is 2. The number of rotatable bonds is 7. The number of aryl methyl sites for hydroxylation is 1. The molecule has 0 bridgehead atoms. The fourth-order valence-corrected chi connectivity index (χ4v) is 3.70. The molecule has 0 unspecified atom stereocenters. The first-order valence-corrected chi connectivity index (χ1v) is 13.7. The van der Waals surface area contributed by atoms with E-state index >= 15 is 0 Å². The number of benzene rings is 2. The van der Waals surface area contributed by atoms with E-state index in [2.05, 4.69) is 4.98 Å². The van der Waals surface area contributed by atoms with Gasteiger partial charge in [0.25, 0.3) is 0 Å². The molecule has 0 aliphatic rings. The molecule has 3 aromatic rings. The minimum absolute atomic E-state index is 0.0538. The van der Waals surface area contributed by atoms with E-state index in [1.807, 2.05) is 6.07 Å². The van der Waals surface area contributed by atoms with Gasteiger partial charge in [0.1, 0.15) is 35.0 Å². The highest BCUT2D eigenvalue weighted by atomic mass is 19.4. The second-order valence-electron chi connectivity index (χ2n) is 12.0. The molecule has 0 saturated heterocycles. The molecule has 2 aromatic carbocycles. The summed E-state index contributed by atoms with van der Waals surface area (Å²) in [6.07, 6.45) is -4.55. The highest BCUT2D eigenvalue weighted by Crippen LogP contribution is 2.31. The molecule has 12 heteroatoms. The molecule has 0 saturated carbocycles. The van der Waals surface area contributed by atoms with Gasteiger partial charge < -0.3 is 18.6 Å². The molecule has 0 aliphatic heterocycles. The molecule has 0 fully saturated rings. The predicted octanol–water partition coefficient (Wildman–Crippen LogP) is 8.75. The number of alkyl halides is 3. The van der Waals surface area contributed by atoms with Crippen molar-refractivity contribution < 1.29 is 46.2 Å². The van der Waals surface area contributed by atoms with E-state index in [0.29, 0.717) is 28.3 Å².